The van der Waals surface area contributed by atoms with Crippen LogP contribution in [0.3, 0.4) is 0 Å². The first-order valence-corrected chi connectivity index (χ1v) is 7.79. The van der Waals surface area contributed by atoms with E-state index < -0.39 is 0 Å². The number of hydrogen-bond donors (Lipinski definition) is 2. The van der Waals surface area contributed by atoms with Crippen LogP contribution in [-0.4, -0.2) is 21.4 Å². The van der Waals surface area contributed by atoms with Gasteiger partial charge in [-0.1, -0.05) is 23.2 Å². The molecule has 23 heavy (non-hydrogen) atoms. The molecule has 2 aromatic rings. The number of nitrogens with one attached hydrogen (secondary N) is 2. The highest BCUT2D eigenvalue weighted by molar-refractivity contribution is 6.35. The lowest BCUT2D eigenvalue weighted by atomic mass is 10.1. The second kappa shape index (κ2) is 6.72. The van der Waals surface area contributed by atoms with Crippen molar-refractivity contribution in [3.05, 3.63) is 45.7 Å². The van der Waals surface area contributed by atoms with Crippen molar-refractivity contribution >= 4 is 40.7 Å². The molecule has 0 spiro atoms. The topological polar surface area (TPSA) is 66.9 Å². The summed E-state index contributed by atoms with van der Waals surface area (Å²) in [7, 11) is 0. The Kier molecular flexibility index (Phi) is 5.12. The molecule has 122 valence electrons. The third kappa shape index (κ3) is 5.37. The summed E-state index contributed by atoms with van der Waals surface area (Å²) >= 11 is 11.9. The van der Waals surface area contributed by atoms with E-state index in [0.29, 0.717) is 33.1 Å². The lowest BCUT2D eigenvalue weighted by molar-refractivity contribution is 0.0914. The second-order valence-corrected chi connectivity index (χ2v) is 7.08. The fraction of sp³-hybridized carbons (Fsp3) is 0.312. The van der Waals surface area contributed by atoms with Gasteiger partial charge >= 0.3 is 0 Å². The molecule has 2 N–H and O–H groups in total. The van der Waals surface area contributed by atoms with Crippen LogP contribution in [0.15, 0.2) is 24.3 Å². The van der Waals surface area contributed by atoms with Crippen LogP contribution in [-0.2, 0) is 0 Å². The van der Waals surface area contributed by atoms with Gasteiger partial charge in [0.15, 0.2) is 0 Å². The van der Waals surface area contributed by atoms with Gasteiger partial charge in [-0.3, -0.25) is 4.79 Å². The van der Waals surface area contributed by atoms with E-state index in [1.165, 1.54) is 0 Å². The third-order valence-corrected chi connectivity index (χ3v) is 3.13. The van der Waals surface area contributed by atoms with Gasteiger partial charge in [-0.2, -0.15) is 0 Å². The van der Waals surface area contributed by atoms with Crippen LogP contribution < -0.4 is 10.6 Å². The highest BCUT2D eigenvalue weighted by Gasteiger charge is 2.17. The Morgan fingerprint density at radius 1 is 1.04 bits per heavy atom. The van der Waals surface area contributed by atoms with Crippen molar-refractivity contribution in [2.24, 2.45) is 0 Å². The Labute approximate surface area is 145 Å². The first-order valence-electron chi connectivity index (χ1n) is 7.04. The first-order chi connectivity index (χ1) is 10.6. The fourth-order valence-electron chi connectivity index (χ4n) is 1.90. The summed E-state index contributed by atoms with van der Waals surface area (Å²) < 4.78 is 0. The quantitative estimate of drug-likeness (QED) is 0.860. The number of benzene rings is 1. The van der Waals surface area contributed by atoms with Crippen LogP contribution in [0.2, 0.25) is 10.0 Å². The van der Waals surface area contributed by atoms with Crippen LogP contribution >= 0.6 is 23.2 Å². The minimum Gasteiger partial charge on any atom is -0.346 e. The second-order valence-electron chi connectivity index (χ2n) is 6.21. The van der Waals surface area contributed by atoms with Gasteiger partial charge in [-0.25, -0.2) is 9.97 Å². The molecule has 0 saturated heterocycles. The van der Waals surface area contributed by atoms with E-state index in [-0.39, 0.29) is 11.4 Å². The van der Waals surface area contributed by atoms with Crippen LogP contribution in [0, 0.1) is 6.92 Å². The lowest BCUT2D eigenvalue weighted by Crippen LogP contribution is -2.41. The van der Waals surface area contributed by atoms with Gasteiger partial charge in [0.1, 0.15) is 5.69 Å². The van der Waals surface area contributed by atoms with Gasteiger partial charge in [-0.05, 0) is 52.0 Å². The lowest BCUT2D eigenvalue weighted by Gasteiger charge is -2.20. The monoisotopic (exact) mass is 352 g/mol. The van der Waals surface area contributed by atoms with Crippen molar-refractivity contribution < 1.29 is 4.79 Å². The highest BCUT2D eigenvalue weighted by atomic mass is 35.5. The van der Waals surface area contributed by atoms with Crippen molar-refractivity contribution in [3.8, 4) is 0 Å². The summed E-state index contributed by atoms with van der Waals surface area (Å²) in [5.74, 6) is 0.0533. The summed E-state index contributed by atoms with van der Waals surface area (Å²) in [4.78, 5) is 20.8. The largest absolute Gasteiger partial charge is 0.346 e. The molecule has 0 aliphatic heterocycles. The van der Waals surface area contributed by atoms with Crippen molar-refractivity contribution in [3.63, 3.8) is 0 Å². The molecular weight excluding hydrogens is 335 g/mol. The molecule has 0 saturated carbocycles. The number of hydrogen-bond acceptors (Lipinski definition) is 4. The molecule has 0 fully saturated rings. The van der Waals surface area contributed by atoms with E-state index in [2.05, 4.69) is 20.6 Å². The molecule has 2 rings (SSSR count). The molecule has 5 nitrogen and oxygen atoms in total. The summed E-state index contributed by atoms with van der Waals surface area (Å²) in [6.07, 6.45) is 0. The normalized spacial score (nSPS) is 11.2. The zero-order chi connectivity index (χ0) is 17.2. The van der Waals surface area contributed by atoms with E-state index >= 15 is 0 Å². The number of anilines is 2. The minimum absolute atomic E-state index is 0.254. The zero-order valence-corrected chi connectivity index (χ0v) is 14.9. The Bertz CT molecular complexity index is 721. The molecule has 1 aromatic heterocycles. The van der Waals surface area contributed by atoms with Crippen LogP contribution in [0.5, 0.6) is 0 Å². The number of rotatable bonds is 3. The first kappa shape index (κ1) is 17.5. The molecule has 1 heterocycles. The number of aromatic nitrogens is 2. The van der Waals surface area contributed by atoms with E-state index in [0.717, 1.165) is 0 Å². The number of nitrogens with zero attached hydrogens (tertiary/aromatic N) is 2. The van der Waals surface area contributed by atoms with E-state index in [1.54, 1.807) is 31.2 Å². The van der Waals surface area contributed by atoms with Gasteiger partial charge < -0.3 is 10.6 Å². The smallest absolute Gasteiger partial charge is 0.270 e. The third-order valence-electron chi connectivity index (χ3n) is 2.69. The summed E-state index contributed by atoms with van der Waals surface area (Å²) in [6, 6.07) is 6.67. The van der Waals surface area contributed by atoms with Crippen molar-refractivity contribution in [2.45, 2.75) is 33.2 Å². The maximum absolute atomic E-state index is 12.3. The number of carbonyl (C=O) groups is 1. The number of carbonyl (C=O) groups excluding carboxylic acids is 1. The Hall–Kier alpha value is -1.85. The Balaban J connectivity index is 2.28. The molecule has 1 aromatic carbocycles. The summed E-state index contributed by atoms with van der Waals surface area (Å²) in [5.41, 5.74) is 1.28. The minimum atomic E-state index is -0.343. The molecule has 0 aliphatic carbocycles. The molecule has 0 unspecified atom stereocenters. The van der Waals surface area contributed by atoms with E-state index in [1.807, 2.05) is 20.8 Å². The number of aryl methyl sites for hydroxylation is 1. The predicted molar refractivity (Wildman–Crippen MR) is 93.7 cm³/mol. The predicted octanol–water partition coefficient (Wildman–Crippen LogP) is 4.36. The summed E-state index contributed by atoms with van der Waals surface area (Å²) in [6.45, 7) is 7.52. The van der Waals surface area contributed by atoms with Crippen LogP contribution in [0.4, 0.5) is 11.6 Å². The van der Waals surface area contributed by atoms with E-state index in [9.17, 15) is 4.79 Å². The molecule has 7 heteroatoms. The van der Waals surface area contributed by atoms with Gasteiger partial charge in [0.2, 0.25) is 5.95 Å². The van der Waals surface area contributed by atoms with Crippen molar-refractivity contribution in [1.82, 2.24) is 15.3 Å². The van der Waals surface area contributed by atoms with Gasteiger partial charge in [0, 0.05) is 27.0 Å². The van der Waals surface area contributed by atoms with Gasteiger partial charge in [-0.15, -0.1) is 0 Å². The molecule has 0 radical (unpaired) electrons. The highest BCUT2D eigenvalue weighted by Crippen LogP contribution is 2.24. The SMILES string of the molecule is Cc1cc(C(=O)NC(C)(C)C)nc(Nc2cc(Cl)cc(Cl)c2)n1. The van der Waals surface area contributed by atoms with Gasteiger partial charge in [0.05, 0.1) is 0 Å². The fourth-order valence-corrected chi connectivity index (χ4v) is 2.43. The molecule has 0 aliphatic rings. The standard InChI is InChI=1S/C16H18Cl2N4O/c1-9-5-13(14(23)22-16(2,3)4)21-15(19-9)20-12-7-10(17)6-11(18)8-12/h5-8H,1-4H3,(H,22,23)(H,19,20,21). The van der Waals surface area contributed by atoms with Crippen LogP contribution in [0.1, 0.15) is 37.0 Å². The molecular formula is C16H18Cl2N4O. The zero-order valence-electron chi connectivity index (χ0n) is 13.4. The summed E-state index contributed by atoms with van der Waals surface area (Å²) in [5, 5.41) is 6.88. The van der Waals surface area contributed by atoms with E-state index in [4.69, 9.17) is 23.2 Å². The van der Waals surface area contributed by atoms with Crippen molar-refractivity contribution in [1.29, 1.82) is 0 Å². The van der Waals surface area contributed by atoms with Crippen LogP contribution in [0.25, 0.3) is 0 Å². The number of amides is 1. The van der Waals surface area contributed by atoms with Gasteiger partial charge in [0.25, 0.3) is 5.91 Å². The average Bonchev–Trinajstić information content (AvgIpc) is 2.34. The average molecular weight is 353 g/mol. The maximum atomic E-state index is 12.3. The maximum Gasteiger partial charge on any atom is 0.270 e. The Morgan fingerprint density at radius 3 is 2.22 bits per heavy atom. The van der Waals surface area contributed by atoms with Crippen molar-refractivity contribution in [2.75, 3.05) is 5.32 Å². The number of halogens is 2. The molecule has 0 atom stereocenters. The molecule has 1 amide bonds. The Morgan fingerprint density at radius 2 is 1.65 bits per heavy atom. The molecule has 0 bridgehead atoms.